The first kappa shape index (κ1) is 14.3. The standard InChI is InChI=1S/C11H17N3O4S/c1-19-6-17-7-4-10(18-8(7)5-15)14-3-2-9(12)13-11(14)16/h2-3,7-8,10,15H,4-6H2,1H3,(H2,12,13,16)/t7-,8+,10+/m0/s1. The van der Waals surface area contributed by atoms with Gasteiger partial charge in [-0.1, -0.05) is 0 Å². The van der Waals surface area contributed by atoms with Crippen molar-refractivity contribution in [2.75, 3.05) is 24.5 Å². The maximum atomic E-state index is 11.7. The fraction of sp³-hybridized carbons (Fsp3) is 0.636. The normalized spacial score (nSPS) is 26.7. The quantitative estimate of drug-likeness (QED) is 0.724. The number of hydrogen-bond acceptors (Lipinski definition) is 7. The maximum absolute atomic E-state index is 11.7. The van der Waals surface area contributed by atoms with Gasteiger partial charge in [-0.2, -0.15) is 4.98 Å². The van der Waals surface area contributed by atoms with Crippen molar-refractivity contribution in [3.05, 3.63) is 22.7 Å². The predicted molar refractivity (Wildman–Crippen MR) is 71.8 cm³/mol. The SMILES string of the molecule is CSCO[C@H]1C[C@H](n2ccc(N)nc2=O)O[C@@H]1CO. The van der Waals surface area contributed by atoms with Crippen LogP contribution in [0.1, 0.15) is 12.6 Å². The molecular weight excluding hydrogens is 270 g/mol. The summed E-state index contributed by atoms with van der Waals surface area (Å²) in [5.41, 5.74) is 4.97. The van der Waals surface area contributed by atoms with Crippen LogP contribution in [0.2, 0.25) is 0 Å². The van der Waals surface area contributed by atoms with Crippen LogP contribution < -0.4 is 11.4 Å². The van der Waals surface area contributed by atoms with E-state index in [-0.39, 0.29) is 18.5 Å². The highest BCUT2D eigenvalue weighted by atomic mass is 32.2. The van der Waals surface area contributed by atoms with E-state index in [1.54, 1.807) is 18.0 Å². The molecule has 106 valence electrons. The number of hydrogen-bond donors (Lipinski definition) is 2. The average Bonchev–Trinajstić information content (AvgIpc) is 2.79. The molecule has 1 aliphatic heterocycles. The van der Waals surface area contributed by atoms with Crippen LogP contribution in [0.25, 0.3) is 0 Å². The van der Waals surface area contributed by atoms with E-state index in [1.165, 1.54) is 10.6 Å². The Morgan fingerprint density at radius 2 is 2.53 bits per heavy atom. The molecule has 3 atom stereocenters. The van der Waals surface area contributed by atoms with Gasteiger partial charge in [-0.15, -0.1) is 11.8 Å². The Balaban J connectivity index is 2.12. The Morgan fingerprint density at radius 1 is 1.74 bits per heavy atom. The van der Waals surface area contributed by atoms with E-state index >= 15 is 0 Å². The van der Waals surface area contributed by atoms with Gasteiger partial charge in [0.05, 0.1) is 18.6 Å². The topological polar surface area (TPSA) is 99.6 Å². The van der Waals surface area contributed by atoms with E-state index < -0.39 is 18.0 Å². The van der Waals surface area contributed by atoms with E-state index in [1.807, 2.05) is 6.26 Å². The number of aliphatic hydroxyl groups is 1. The van der Waals surface area contributed by atoms with Crippen molar-refractivity contribution in [3.8, 4) is 0 Å². The molecule has 0 aromatic carbocycles. The number of anilines is 1. The molecule has 19 heavy (non-hydrogen) atoms. The van der Waals surface area contributed by atoms with Gasteiger partial charge in [0.1, 0.15) is 18.1 Å². The summed E-state index contributed by atoms with van der Waals surface area (Å²) in [4.78, 5) is 15.4. The van der Waals surface area contributed by atoms with E-state index in [4.69, 9.17) is 15.2 Å². The van der Waals surface area contributed by atoms with Crippen molar-refractivity contribution >= 4 is 17.6 Å². The van der Waals surface area contributed by atoms with E-state index in [0.29, 0.717) is 12.4 Å². The van der Waals surface area contributed by atoms with Gasteiger partial charge in [0.25, 0.3) is 0 Å². The van der Waals surface area contributed by atoms with Gasteiger partial charge >= 0.3 is 5.69 Å². The molecule has 0 amide bonds. The molecule has 0 bridgehead atoms. The first-order valence-electron chi connectivity index (χ1n) is 5.87. The van der Waals surface area contributed by atoms with Crippen LogP contribution in [-0.2, 0) is 9.47 Å². The van der Waals surface area contributed by atoms with Crippen molar-refractivity contribution in [3.63, 3.8) is 0 Å². The summed E-state index contributed by atoms with van der Waals surface area (Å²) < 4.78 is 12.6. The number of thioether (sulfide) groups is 1. The van der Waals surface area contributed by atoms with Gasteiger partial charge in [0.2, 0.25) is 0 Å². The molecule has 0 aliphatic carbocycles. The lowest BCUT2D eigenvalue weighted by atomic mass is 10.2. The first-order valence-corrected chi connectivity index (χ1v) is 7.26. The number of nitrogens with zero attached hydrogens (tertiary/aromatic N) is 2. The third-order valence-electron chi connectivity index (χ3n) is 2.92. The molecule has 0 saturated carbocycles. The summed E-state index contributed by atoms with van der Waals surface area (Å²) in [6.07, 6.45) is 2.83. The number of aromatic nitrogens is 2. The Kier molecular flexibility index (Phi) is 4.81. The Bertz CT molecular complexity index is 481. The minimum absolute atomic E-state index is 0.146. The van der Waals surface area contributed by atoms with Crippen molar-refractivity contribution in [1.82, 2.24) is 9.55 Å². The zero-order valence-electron chi connectivity index (χ0n) is 10.6. The summed E-state index contributed by atoms with van der Waals surface area (Å²) in [5.74, 6) is 0.694. The minimum atomic E-state index is -0.482. The molecular formula is C11H17N3O4S. The summed E-state index contributed by atoms with van der Waals surface area (Å²) in [7, 11) is 0. The Morgan fingerprint density at radius 3 is 3.16 bits per heavy atom. The van der Waals surface area contributed by atoms with Crippen LogP contribution in [0.4, 0.5) is 5.82 Å². The van der Waals surface area contributed by atoms with Gasteiger partial charge < -0.3 is 20.3 Å². The molecule has 1 aromatic rings. The third kappa shape index (κ3) is 3.27. The second kappa shape index (κ2) is 6.38. The lowest BCUT2D eigenvalue weighted by Gasteiger charge is -2.15. The largest absolute Gasteiger partial charge is 0.394 e. The number of nitrogen functional groups attached to an aromatic ring is 1. The van der Waals surface area contributed by atoms with Crippen LogP contribution in [-0.4, -0.2) is 45.7 Å². The summed E-state index contributed by atoms with van der Waals surface area (Å²) in [6, 6.07) is 1.54. The van der Waals surface area contributed by atoms with E-state index in [2.05, 4.69) is 4.98 Å². The van der Waals surface area contributed by atoms with Crippen LogP contribution in [0.3, 0.4) is 0 Å². The van der Waals surface area contributed by atoms with Gasteiger partial charge in [0.15, 0.2) is 0 Å². The van der Waals surface area contributed by atoms with Crippen LogP contribution in [0.5, 0.6) is 0 Å². The van der Waals surface area contributed by atoms with Crippen LogP contribution in [0, 0.1) is 0 Å². The summed E-state index contributed by atoms with van der Waals surface area (Å²) in [5, 5.41) is 9.28. The molecule has 1 aromatic heterocycles. The molecule has 0 spiro atoms. The molecule has 1 aliphatic rings. The van der Waals surface area contributed by atoms with E-state index in [9.17, 15) is 9.90 Å². The number of aliphatic hydroxyl groups excluding tert-OH is 1. The Labute approximate surface area is 114 Å². The molecule has 2 rings (SSSR count). The van der Waals surface area contributed by atoms with Crippen molar-refractivity contribution in [1.29, 1.82) is 0 Å². The summed E-state index contributed by atoms with van der Waals surface area (Å²) >= 11 is 1.55. The van der Waals surface area contributed by atoms with Crippen molar-refractivity contribution in [2.24, 2.45) is 0 Å². The van der Waals surface area contributed by atoms with Crippen LogP contribution >= 0.6 is 11.8 Å². The predicted octanol–water partition coefficient (Wildman–Crippen LogP) is -0.189. The van der Waals surface area contributed by atoms with Gasteiger partial charge in [0, 0.05) is 12.6 Å². The molecule has 7 nitrogen and oxygen atoms in total. The van der Waals surface area contributed by atoms with Gasteiger partial charge in [-0.3, -0.25) is 4.57 Å². The highest BCUT2D eigenvalue weighted by Crippen LogP contribution is 2.30. The number of nitrogens with two attached hydrogens (primary N) is 1. The fourth-order valence-electron chi connectivity index (χ4n) is 2.01. The van der Waals surface area contributed by atoms with Crippen molar-refractivity contribution in [2.45, 2.75) is 24.9 Å². The maximum Gasteiger partial charge on any atom is 0.351 e. The molecule has 0 unspecified atom stereocenters. The molecule has 2 heterocycles. The minimum Gasteiger partial charge on any atom is -0.394 e. The first-order chi connectivity index (χ1) is 9.15. The lowest BCUT2D eigenvalue weighted by molar-refractivity contribution is -0.0554. The van der Waals surface area contributed by atoms with Crippen LogP contribution in [0.15, 0.2) is 17.1 Å². The molecule has 1 fully saturated rings. The second-order valence-corrected chi connectivity index (χ2v) is 5.01. The molecule has 0 radical (unpaired) electrons. The highest BCUT2D eigenvalue weighted by molar-refractivity contribution is 7.98. The Hall–Kier alpha value is -1.09. The second-order valence-electron chi connectivity index (χ2n) is 4.20. The third-order valence-corrected chi connectivity index (χ3v) is 3.29. The number of rotatable bonds is 5. The zero-order valence-corrected chi connectivity index (χ0v) is 11.4. The van der Waals surface area contributed by atoms with Gasteiger partial charge in [-0.05, 0) is 12.3 Å². The van der Waals surface area contributed by atoms with Crippen molar-refractivity contribution < 1.29 is 14.6 Å². The molecule has 8 heteroatoms. The molecule has 3 N–H and O–H groups in total. The lowest BCUT2D eigenvalue weighted by Crippen LogP contribution is -2.28. The average molecular weight is 287 g/mol. The number of ether oxygens (including phenoxy) is 2. The monoisotopic (exact) mass is 287 g/mol. The highest BCUT2D eigenvalue weighted by Gasteiger charge is 2.36. The van der Waals surface area contributed by atoms with Gasteiger partial charge in [-0.25, -0.2) is 4.79 Å². The van der Waals surface area contributed by atoms with E-state index in [0.717, 1.165) is 0 Å². The zero-order chi connectivity index (χ0) is 13.8. The molecule has 1 saturated heterocycles. The smallest absolute Gasteiger partial charge is 0.351 e. The summed E-state index contributed by atoms with van der Waals surface area (Å²) in [6.45, 7) is -0.146. The fourth-order valence-corrected chi connectivity index (χ4v) is 2.32.